The zero-order valence-electron chi connectivity index (χ0n) is 17.0. The van der Waals surface area contributed by atoms with E-state index in [-0.39, 0.29) is 0 Å². The lowest BCUT2D eigenvalue weighted by Crippen LogP contribution is -2.27. The van der Waals surface area contributed by atoms with Crippen LogP contribution < -0.4 is 0 Å². The first-order valence-electron chi connectivity index (χ1n) is 9.75. The Bertz CT molecular complexity index is 999. The summed E-state index contributed by atoms with van der Waals surface area (Å²) in [5, 5.41) is 15.6. The molecule has 0 aliphatic rings. The fourth-order valence-corrected chi connectivity index (χ4v) is 5.18. The number of ether oxygens (including phenoxy) is 1. The molecule has 5 nitrogen and oxygen atoms in total. The fourth-order valence-electron chi connectivity index (χ4n) is 3.44. The zero-order valence-corrected chi connectivity index (χ0v) is 18.7. The molecule has 0 fully saturated rings. The molecule has 4 aromatic rings. The molecule has 0 saturated carbocycles. The van der Waals surface area contributed by atoms with Crippen LogP contribution in [0.15, 0.2) is 68.1 Å². The van der Waals surface area contributed by atoms with Gasteiger partial charge in [0.05, 0.1) is 19.7 Å². The van der Waals surface area contributed by atoms with Gasteiger partial charge >= 0.3 is 0 Å². The minimum Gasteiger partial charge on any atom is -0.465 e. The van der Waals surface area contributed by atoms with Crippen molar-refractivity contribution in [1.82, 2.24) is 4.90 Å². The zero-order chi connectivity index (χ0) is 21.0. The van der Waals surface area contributed by atoms with Crippen molar-refractivity contribution in [2.75, 3.05) is 20.3 Å². The molecule has 0 atom stereocenters. The van der Waals surface area contributed by atoms with E-state index in [0.29, 0.717) is 25.5 Å². The molecule has 0 aliphatic carbocycles. The van der Waals surface area contributed by atoms with E-state index in [1.54, 1.807) is 7.11 Å². The highest BCUT2D eigenvalue weighted by molar-refractivity contribution is 7.11. The lowest BCUT2D eigenvalue weighted by molar-refractivity contribution is 0.0988. The second-order valence-electron chi connectivity index (χ2n) is 7.15. The molecule has 0 radical (unpaired) electrons. The van der Waals surface area contributed by atoms with Gasteiger partial charge in [-0.15, -0.1) is 22.7 Å². The first kappa shape index (κ1) is 21.1. The predicted octanol–water partition coefficient (Wildman–Crippen LogP) is 5.24. The highest BCUT2D eigenvalue weighted by atomic mass is 32.1. The standard InChI is InChI=1S/C23H25NO4S2/c1-17-7-8-18(27-17)15-24(11-12-26-2)16-19-9-10-20(28-19)23(25,21-5-3-13-29-21)22-6-4-14-30-22/h3-10,13-14,25H,11-12,15-16H2,1-2H3. The van der Waals surface area contributed by atoms with Gasteiger partial charge in [0.2, 0.25) is 0 Å². The third-order valence-corrected chi connectivity index (χ3v) is 6.90. The number of aryl methyl sites for hydroxylation is 1. The molecule has 0 aromatic carbocycles. The SMILES string of the molecule is COCCN(Cc1ccc(C)o1)Cc1ccc(C(O)(c2cccs2)c2cccs2)o1. The topological polar surface area (TPSA) is 59.0 Å². The largest absolute Gasteiger partial charge is 0.465 e. The predicted molar refractivity (Wildman–Crippen MR) is 119 cm³/mol. The Balaban J connectivity index is 1.58. The number of hydrogen-bond acceptors (Lipinski definition) is 7. The maximum absolute atomic E-state index is 11.7. The Morgan fingerprint density at radius 1 is 0.933 bits per heavy atom. The maximum Gasteiger partial charge on any atom is 0.191 e. The molecule has 7 heteroatoms. The maximum atomic E-state index is 11.7. The molecule has 4 heterocycles. The van der Waals surface area contributed by atoms with E-state index in [9.17, 15) is 5.11 Å². The summed E-state index contributed by atoms with van der Waals surface area (Å²) < 4.78 is 17.2. The molecule has 158 valence electrons. The fraction of sp³-hybridized carbons (Fsp3) is 0.304. The van der Waals surface area contributed by atoms with Crippen molar-refractivity contribution in [1.29, 1.82) is 0 Å². The number of thiophene rings is 2. The number of aliphatic hydroxyl groups is 1. The molecule has 30 heavy (non-hydrogen) atoms. The van der Waals surface area contributed by atoms with Crippen LogP contribution in [0.1, 0.15) is 32.8 Å². The summed E-state index contributed by atoms with van der Waals surface area (Å²) in [5.41, 5.74) is -1.28. The van der Waals surface area contributed by atoms with Crippen LogP contribution in [0.25, 0.3) is 0 Å². The van der Waals surface area contributed by atoms with Crippen LogP contribution in [0, 0.1) is 6.92 Å². The summed E-state index contributed by atoms with van der Waals surface area (Å²) in [5.74, 6) is 3.12. The van der Waals surface area contributed by atoms with Crippen molar-refractivity contribution >= 4 is 22.7 Å². The van der Waals surface area contributed by atoms with Crippen molar-refractivity contribution in [2.24, 2.45) is 0 Å². The average Bonchev–Trinajstić information content (AvgIpc) is 3.54. The summed E-state index contributed by atoms with van der Waals surface area (Å²) >= 11 is 3.04. The van der Waals surface area contributed by atoms with Crippen LogP contribution in [0.3, 0.4) is 0 Å². The van der Waals surface area contributed by atoms with Gasteiger partial charge in [0.15, 0.2) is 5.60 Å². The molecule has 0 unspecified atom stereocenters. The summed E-state index contributed by atoms with van der Waals surface area (Å²) in [7, 11) is 1.70. The Morgan fingerprint density at radius 2 is 1.57 bits per heavy atom. The summed E-state index contributed by atoms with van der Waals surface area (Å²) in [6, 6.07) is 15.6. The van der Waals surface area contributed by atoms with E-state index in [4.69, 9.17) is 13.6 Å². The van der Waals surface area contributed by atoms with Gasteiger partial charge in [-0.3, -0.25) is 4.90 Å². The van der Waals surface area contributed by atoms with Crippen LogP contribution in [-0.4, -0.2) is 30.3 Å². The van der Waals surface area contributed by atoms with Gasteiger partial charge in [-0.2, -0.15) is 0 Å². The Hall–Kier alpha value is -2.16. The first-order chi connectivity index (χ1) is 14.6. The minimum absolute atomic E-state index is 0.530. The molecule has 4 rings (SSSR count). The molecule has 0 amide bonds. The van der Waals surface area contributed by atoms with Crippen LogP contribution >= 0.6 is 22.7 Å². The van der Waals surface area contributed by atoms with Crippen molar-refractivity contribution < 1.29 is 18.7 Å². The van der Waals surface area contributed by atoms with Gasteiger partial charge in [-0.1, -0.05) is 12.1 Å². The van der Waals surface area contributed by atoms with Crippen LogP contribution in [0.5, 0.6) is 0 Å². The number of nitrogens with zero attached hydrogens (tertiary/aromatic N) is 1. The average molecular weight is 444 g/mol. The Morgan fingerprint density at radius 3 is 2.10 bits per heavy atom. The van der Waals surface area contributed by atoms with E-state index in [1.165, 1.54) is 22.7 Å². The Labute approximate surface area is 184 Å². The third kappa shape index (κ3) is 4.45. The number of furan rings is 2. The van der Waals surface area contributed by atoms with Gasteiger partial charge in [-0.25, -0.2) is 0 Å². The van der Waals surface area contributed by atoms with E-state index in [1.807, 2.05) is 66.2 Å². The number of hydrogen-bond donors (Lipinski definition) is 1. The highest BCUT2D eigenvalue weighted by Gasteiger charge is 2.39. The van der Waals surface area contributed by atoms with Gasteiger partial charge in [-0.05, 0) is 54.1 Å². The molecule has 4 aromatic heterocycles. The van der Waals surface area contributed by atoms with E-state index in [0.717, 1.165) is 33.6 Å². The second-order valence-corrected chi connectivity index (χ2v) is 9.04. The third-order valence-electron chi connectivity index (χ3n) is 4.94. The van der Waals surface area contributed by atoms with Crippen LogP contribution in [-0.2, 0) is 23.4 Å². The lowest BCUT2D eigenvalue weighted by Gasteiger charge is -2.24. The van der Waals surface area contributed by atoms with E-state index >= 15 is 0 Å². The second kappa shape index (κ2) is 9.32. The lowest BCUT2D eigenvalue weighted by atomic mass is 9.97. The number of methoxy groups -OCH3 is 1. The van der Waals surface area contributed by atoms with Gasteiger partial charge in [0, 0.05) is 23.4 Å². The highest BCUT2D eigenvalue weighted by Crippen LogP contribution is 2.41. The van der Waals surface area contributed by atoms with Crippen LogP contribution in [0.2, 0.25) is 0 Å². The molecule has 0 saturated heterocycles. The monoisotopic (exact) mass is 443 g/mol. The van der Waals surface area contributed by atoms with Gasteiger partial charge < -0.3 is 18.7 Å². The molecular weight excluding hydrogens is 418 g/mol. The minimum atomic E-state index is -1.28. The van der Waals surface area contributed by atoms with Crippen LogP contribution in [0.4, 0.5) is 0 Å². The molecular formula is C23H25NO4S2. The Kier molecular flexibility index (Phi) is 6.55. The summed E-state index contributed by atoms with van der Waals surface area (Å²) in [4.78, 5) is 3.89. The van der Waals surface area contributed by atoms with Gasteiger partial charge in [0.25, 0.3) is 0 Å². The van der Waals surface area contributed by atoms with E-state index in [2.05, 4.69) is 4.90 Å². The van der Waals surface area contributed by atoms with Crippen molar-refractivity contribution in [3.8, 4) is 0 Å². The molecule has 1 N–H and O–H groups in total. The van der Waals surface area contributed by atoms with E-state index < -0.39 is 5.60 Å². The van der Waals surface area contributed by atoms with Gasteiger partial charge in [0.1, 0.15) is 23.0 Å². The summed E-state index contributed by atoms with van der Waals surface area (Å²) in [6.07, 6.45) is 0. The van der Waals surface area contributed by atoms with Crippen molar-refractivity contribution in [2.45, 2.75) is 25.6 Å². The molecule has 0 spiro atoms. The van der Waals surface area contributed by atoms with Crippen molar-refractivity contribution in [3.05, 3.63) is 92.1 Å². The van der Waals surface area contributed by atoms with Crippen molar-refractivity contribution in [3.63, 3.8) is 0 Å². The first-order valence-corrected chi connectivity index (χ1v) is 11.5. The normalized spacial score (nSPS) is 12.1. The summed E-state index contributed by atoms with van der Waals surface area (Å²) in [6.45, 7) is 4.55. The molecule has 0 bridgehead atoms. The molecule has 0 aliphatic heterocycles. The quantitative estimate of drug-likeness (QED) is 0.363. The number of rotatable bonds is 10. The smallest absolute Gasteiger partial charge is 0.191 e.